The lowest BCUT2D eigenvalue weighted by Crippen LogP contribution is -2.36. The van der Waals surface area contributed by atoms with Crippen LogP contribution in [0.3, 0.4) is 0 Å². The van der Waals surface area contributed by atoms with Crippen LogP contribution < -0.4 is 14.4 Å². The van der Waals surface area contributed by atoms with Gasteiger partial charge in [-0.3, -0.25) is 10.1 Å². The second-order valence-corrected chi connectivity index (χ2v) is 7.77. The first kappa shape index (κ1) is 20.0. The third kappa shape index (κ3) is 4.55. The summed E-state index contributed by atoms with van der Waals surface area (Å²) in [5, 5.41) is 11.3. The summed E-state index contributed by atoms with van der Waals surface area (Å²) in [6, 6.07) is 7.08. The quantitative estimate of drug-likeness (QED) is 0.537. The number of nitro benzene ring substituents is 1. The van der Waals surface area contributed by atoms with Gasteiger partial charge in [-0.1, -0.05) is 0 Å². The normalized spacial score (nSPS) is 14.7. The number of morpholine rings is 1. The Hall–Kier alpha value is -2.76. The maximum absolute atomic E-state index is 12.6. The summed E-state index contributed by atoms with van der Waals surface area (Å²) in [6.45, 7) is 2.62. The van der Waals surface area contributed by atoms with Gasteiger partial charge in [0.05, 0.1) is 31.3 Å². The first-order chi connectivity index (χ1) is 13.4. The van der Waals surface area contributed by atoms with E-state index in [1.54, 1.807) is 18.3 Å². The molecule has 1 saturated heterocycles. The van der Waals surface area contributed by atoms with E-state index in [4.69, 9.17) is 9.47 Å². The highest BCUT2D eigenvalue weighted by Crippen LogP contribution is 2.28. The van der Waals surface area contributed by atoms with Crippen molar-refractivity contribution in [2.45, 2.75) is 11.4 Å². The Morgan fingerprint density at radius 2 is 2.04 bits per heavy atom. The fourth-order valence-electron chi connectivity index (χ4n) is 2.79. The summed E-state index contributed by atoms with van der Waals surface area (Å²) in [7, 11) is -2.75. The third-order valence-corrected chi connectivity index (χ3v) is 5.71. The molecule has 0 saturated carbocycles. The molecule has 2 aromatic rings. The smallest absolute Gasteiger partial charge is 0.293 e. The van der Waals surface area contributed by atoms with Gasteiger partial charge in [0.2, 0.25) is 10.0 Å². The predicted molar refractivity (Wildman–Crippen MR) is 101 cm³/mol. The van der Waals surface area contributed by atoms with E-state index in [1.165, 1.54) is 13.2 Å². The number of anilines is 1. The SMILES string of the molecule is COc1ccc(S(=O)(=O)NCc2ccnc(N3CCOCC3)c2)c([N+](=O)[O-])c1. The van der Waals surface area contributed by atoms with E-state index in [0.717, 1.165) is 18.0 Å². The molecule has 1 aliphatic rings. The molecule has 10 nitrogen and oxygen atoms in total. The minimum atomic E-state index is -4.10. The number of aromatic nitrogens is 1. The van der Waals surface area contributed by atoms with Crippen LogP contribution in [0, 0.1) is 10.1 Å². The van der Waals surface area contributed by atoms with E-state index in [0.29, 0.717) is 31.9 Å². The topological polar surface area (TPSA) is 124 Å². The molecule has 1 N–H and O–H groups in total. The third-order valence-electron chi connectivity index (χ3n) is 4.26. The lowest BCUT2D eigenvalue weighted by atomic mass is 10.2. The Bertz CT molecular complexity index is 960. The largest absolute Gasteiger partial charge is 0.497 e. The lowest BCUT2D eigenvalue weighted by molar-refractivity contribution is -0.387. The molecule has 0 radical (unpaired) electrons. The van der Waals surface area contributed by atoms with Gasteiger partial charge in [-0.2, -0.15) is 0 Å². The molecule has 11 heteroatoms. The number of hydrogen-bond acceptors (Lipinski definition) is 8. The number of ether oxygens (including phenoxy) is 2. The molecule has 1 aromatic carbocycles. The van der Waals surface area contributed by atoms with E-state index in [1.807, 2.05) is 0 Å². The Morgan fingerprint density at radius 1 is 1.29 bits per heavy atom. The summed E-state index contributed by atoms with van der Waals surface area (Å²) in [5.74, 6) is 0.936. The maximum atomic E-state index is 12.6. The zero-order valence-electron chi connectivity index (χ0n) is 15.2. The number of pyridine rings is 1. The number of sulfonamides is 1. The molecule has 0 unspecified atom stereocenters. The van der Waals surface area contributed by atoms with Crippen LogP contribution >= 0.6 is 0 Å². The Balaban J connectivity index is 1.78. The lowest BCUT2D eigenvalue weighted by Gasteiger charge is -2.28. The molecule has 2 heterocycles. The molecule has 1 aromatic heterocycles. The van der Waals surface area contributed by atoms with Crippen LogP contribution in [0.1, 0.15) is 5.56 Å². The summed E-state index contributed by atoms with van der Waals surface area (Å²) >= 11 is 0. The second kappa shape index (κ2) is 8.50. The molecule has 0 amide bonds. The predicted octanol–water partition coefficient (Wildman–Crippen LogP) is 1.31. The van der Waals surface area contributed by atoms with Gasteiger partial charge < -0.3 is 14.4 Å². The van der Waals surface area contributed by atoms with E-state index < -0.39 is 25.5 Å². The average molecular weight is 408 g/mol. The van der Waals surface area contributed by atoms with Crippen LogP contribution in [-0.4, -0.2) is 51.7 Å². The molecule has 150 valence electrons. The number of nitrogens with zero attached hydrogens (tertiary/aromatic N) is 3. The fourth-order valence-corrected chi connectivity index (χ4v) is 3.95. The van der Waals surface area contributed by atoms with Crippen LogP contribution in [0.5, 0.6) is 5.75 Å². The van der Waals surface area contributed by atoms with Crippen molar-refractivity contribution in [1.82, 2.24) is 9.71 Å². The van der Waals surface area contributed by atoms with Crippen molar-refractivity contribution in [3.05, 3.63) is 52.2 Å². The zero-order chi connectivity index (χ0) is 20.1. The number of benzene rings is 1. The van der Waals surface area contributed by atoms with Gasteiger partial charge in [-0.25, -0.2) is 18.1 Å². The van der Waals surface area contributed by atoms with Gasteiger partial charge in [0, 0.05) is 25.8 Å². The molecule has 0 bridgehead atoms. The number of hydrogen-bond donors (Lipinski definition) is 1. The van der Waals surface area contributed by atoms with Gasteiger partial charge in [-0.05, 0) is 29.8 Å². The van der Waals surface area contributed by atoms with Gasteiger partial charge >= 0.3 is 0 Å². The monoisotopic (exact) mass is 408 g/mol. The number of rotatable bonds is 7. The average Bonchev–Trinajstić information content (AvgIpc) is 2.72. The maximum Gasteiger partial charge on any atom is 0.293 e. The summed E-state index contributed by atoms with van der Waals surface area (Å²) in [4.78, 5) is 16.5. The highest BCUT2D eigenvalue weighted by Gasteiger charge is 2.26. The number of nitrogens with one attached hydrogen (secondary N) is 1. The van der Waals surface area contributed by atoms with Crippen molar-refractivity contribution in [2.75, 3.05) is 38.3 Å². The van der Waals surface area contributed by atoms with E-state index in [-0.39, 0.29) is 12.3 Å². The van der Waals surface area contributed by atoms with E-state index >= 15 is 0 Å². The number of methoxy groups -OCH3 is 1. The van der Waals surface area contributed by atoms with Crippen molar-refractivity contribution < 1.29 is 22.8 Å². The van der Waals surface area contributed by atoms with Crippen LogP contribution in [0.15, 0.2) is 41.4 Å². The Morgan fingerprint density at radius 3 is 2.71 bits per heavy atom. The Labute approximate surface area is 162 Å². The van der Waals surface area contributed by atoms with Crippen LogP contribution in [0.4, 0.5) is 11.5 Å². The second-order valence-electron chi connectivity index (χ2n) is 6.04. The standard InChI is InChI=1S/C17H20N4O6S/c1-26-14-2-3-16(15(11-14)21(22)23)28(24,25)19-12-13-4-5-18-17(10-13)20-6-8-27-9-7-20/h2-5,10-11,19H,6-9,12H2,1H3. The number of nitro groups is 1. The Kier molecular flexibility index (Phi) is 6.07. The van der Waals surface area contributed by atoms with Gasteiger partial charge in [0.15, 0.2) is 4.90 Å². The van der Waals surface area contributed by atoms with Crippen molar-refractivity contribution >= 4 is 21.5 Å². The van der Waals surface area contributed by atoms with E-state index in [2.05, 4.69) is 14.6 Å². The molecular formula is C17H20N4O6S. The van der Waals surface area contributed by atoms with Crippen LogP contribution in [0.2, 0.25) is 0 Å². The first-order valence-corrected chi connectivity index (χ1v) is 9.99. The molecule has 1 fully saturated rings. The van der Waals surface area contributed by atoms with Crippen molar-refractivity contribution in [3.63, 3.8) is 0 Å². The highest BCUT2D eigenvalue weighted by atomic mass is 32.2. The van der Waals surface area contributed by atoms with Crippen LogP contribution in [0.25, 0.3) is 0 Å². The molecular weight excluding hydrogens is 388 g/mol. The minimum absolute atomic E-state index is 0.0224. The van der Waals surface area contributed by atoms with Crippen LogP contribution in [-0.2, 0) is 21.3 Å². The van der Waals surface area contributed by atoms with Gasteiger partial charge in [0.25, 0.3) is 5.69 Å². The van der Waals surface area contributed by atoms with Gasteiger partial charge in [-0.15, -0.1) is 0 Å². The fraction of sp³-hybridized carbons (Fsp3) is 0.353. The van der Waals surface area contributed by atoms with Crippen molar-refractivity contribution in [1.29, 1.82) is 0 Å². The summed E-state index contributed by atoms with van der Waals surface area (Å²) in [5.41, 5.74) is 0.145. The summed E-state index contributed by atoms with van der Waals surface area (Å²) in [6.07, 6.45) is 1.60. The molecule has 1 aliphatic heterocycles. The minimum Gasteiger partial charge on any atom is -0.497 e. The first-order valence-electron chi connectivity index (χ1n) is 8.50. The zero-order valence-corrected chi connectivity index (χ0v) is 16.0. The van der Waals surface area contributed by atoms with Crippen molar-refractivity contribution in [2.24, 2.45) is 0 Å². The highest BCUT2D eigenvalue weighted by molar-refractivity contribution is 7.89. The van der Waals surface area contributed by atoms with Crippen molar-refractivity contribution in [3.8, 4) is 5.75 Å². The molecule has 0 aliphatic carbocycles. The molecule has 0 atom stereocenters. The van der Waals surface area contributed by atoms with E-state index in [9.17, 15) is 18.5 Å². The molecule has 28 heavy (non-hydrogen) atoms. The molecule has 0 spiro atoms. The van der Waals surface area contributed by atoms with Gasteiger partial charge in [0.1, 0.15) is 11.6 Å². The summed E-state index contributed by atoms with van der Waals surface area (Å²) < 4.78 is 37.9. The molecule has 3 rings (SSSR count).